The number of rotatable bonds is 2. The maximum atomic E-state index is 11.7. The van der Waals surface area contributed by atoms with E-state index in [0.717, 1.165) is 22.0 Å². The van der Waals surface area contributed by atoms with E-state index in [1.54, 1.807) is 6.20 Å². The SMILES string of the molecule is CCNC(=O)c1c[nH]c2ccc(C)cc12. The zero-order valence-corrected chi connectivity index (χ0v) is 8.92. The van der Waals surface area contributed by atoms with E-state index in [4.69, 9.17) is 0 Å². The van der Waals surface area contributed by atoms with Crippen LogP contribution in [0.15, 0.2) is 24.4 Å². The van der Waals surface area contributed by atoms with Gasteiger partial charge in [-0.3, -0.25) is 4.79 Å². The van der Waals surface area contributed by atoms with E-state index in [-0.39, 0.29) is 5.91 Å². The predicted molar refractivity (Wildman–Crippen MR) is 61.0 cm³/mol. The van der Waals surface area contributed by atoms with Crippen molar-refractivity contribution in [2.45, 2.75) is 13.8 Å². The van der Waals surface area contributed by atoms with Gasteiger partial charge in [0.2, 0.25) is 0 Å². The maximum Gasteiger partial charge on any atom is 0.253 e. The molecule has 1 heterocycles. The quantitative estimate of drug-likeness (QED) is 0.770. The first kappa shape index (κ1) is 9.77. The molecule has 0 atom stereocenters. The van der Waals surface area contributed by atoms with Crippen molar-refractivity contribution in [2.75, 3.05) is 6.54 Å². The number of hydrogen-bond donors (Lipinski definition) is 2. The van der Waals surface area contributed by atoms with Gasteiger partial charge in [0.1, 0.15) is 0 Å². The van der Waals surface area contributed by atoms with E-state index in [1.165, 1.54) is 0 Å². The number of fused-ring (bicyclic) bond motifs is 1. The molecule has 0 radical (unpaired) electrons. The molecule has 0 saturated heterocycles. The molecule has 3 heteroatoms. The van der Waals surface area contributed by atoms with Gasteiger partial charge in [-0.15, -0.1) is 0 Å². The molecular weight excluding hydrogens is 188 g/mol. The average Bonchev–Trinajstić information content (AvgIpc) is 2.60. The van der Waals surface area contributed by atoms with Crippen LogP contribution in [0.5, 0.6) is 0 Å². The van der Waals surface area contributed by atoms with Gasteiger partial charge < -0.3 is 10.3 Å². The monoisotopic (exact) mass is 202 g/mol. The van der Waals surface area contributed by atoms with Crippen molar-refractivity contribution in [3.05, 3.63) is 35.5 Å². The number of amides is 1. The van der Waals surface area contributed by atoms with Crippen LogP contribution in [0.25, 0.3) is 10.9 Å². The molecule has 1 aromatic heterocycles. The first-order valence-electron chi connectivity index (χ1n) is 5.08. The zero-order chi connectivity index (χ0) is 10.8. The van der Waals surface area contributed by atoms with Crippen LogP contribution in [0, 0.1) is 6.92 Å². The third-order valence-corrected chi connectivity index (χ3v) is 2.42. The van der Waals surface area contributed by atoms with Crippen LogP contribution in [-0.2, 0) is 0 Å². The van der Waals surface area contributed by atoms with Crippen molar-refractivity contribution < 1.29 is 4.79 Å². The molecule has 1 amide bonds. The number of H-pyrrole nitrogens is 1. The Morgan fingerprint density at radius 1 is 1.47 bits per heavy atom. The Kier molecular flexibility index (Phi) is 2.46. The molecule has 0 aliphatic heterocycles. The van der Waals surface area contributed by atoms with E-state index in [1.807, 2.05) is 32.0 Å². The number of carbonyl (C=O) groups is 1. The summed E-state index contributed by atoms with van der Waals surface area (Å²) in [6, 6.07) is 6.05. The van der Waals surface area contributed by atoms with Gasteiger partial charge in [-0.1, -0.05) is 11.6 Å². The fraction of sp³-hybridized carbons (Fsp3) is 0.250. The zero-order valence-electron chi connectivity index (χ0n) is 8.92. The normalized spacial score (nSPS) is 10.5. The van der Waals surface area contributed by atoms with Gasteiger partial charge >= 0.3 is 0 Å². The minimum absolute atomic E-state index is 0.0191. The number of carbonyl (C=O) groups excluding carboxylic acids is 1. The lowest BCUT2D eigenvalue weighted by Crippen LogP contribution is -2.22. The third-order valence-electron chi connectivity index (χ3n) is 2.42. The van der Waals surface area contributed by atoms with Crippen LogP contribution < -0.4 is 5.32 Å². The number of aromatic amines is 1. The summed E-state index contributed by atoms with van der Waals surface area (Å²) in [7, 11) is 0. The minimum Gasteiger partial charge on any atom is -0.360 e. The first-order valence-corrected chi connectivity index (χ1v) is 5.08. The number of hydrogen-bond acceptors (Lipinski definition) is 1. The molecule has 0 unspecified atom stereocenters. The number of aryl methyl sites for hydroxylation is 1. The van der Waals surface area contributed by atoms with Crippen molar-refractivity contribution in [3.8, 4) is 0 Å². The lowest BCUT2D eigenvalue weighted by molar-refractivity contribution is 0.0957. The molecule has 2 rings (SSSR count). The smallest absolute Gasteiger partial charge is 0.253 e. The van der Waals surface area contributed by atoms with Gasteiger partial charge in [0.25, 0.3) is 5.91 Å². The standard InChI is InChI=1S/C12H14N2O/c1-3-13-12(15)10-7-14-11-5-4-8(2)6-9(10)11/h4-7,14H,3H2,1-2H3,(H,13,15). The molecule has 0 aliphatic rings. The van der Waals surface area contributed by atoms with Crippen LogP contribution in [0.4, 0.5) is 0 Å². The van der Waals surface area contributed by atoms with Crippen LogP contribution in [0.3, 0.4) is 0 Å². The highest BCUT2D eigenvalue weighted by Crippen LogP contribution is 2.19. The summed E-state index contributed by atoms with van der Waals surface area (Å²) < 4.78 is 0. The molecule has 3 nitrogen and oxygen atoms in total. The number of nitrogens with one attached hydrogen (secondary N) is 2. The Hall–Kier alpha value is -1.77. The fourth-order valence-electron chi connectivity index (χ4n) is 1.68. The molecule has 2 N–H and O–H groups in total. The maximum absolute atomic E-state index is 11.7. The number of benzene rings is 1. The van der Waals surface area contributed by atoms with Crippen molar-refractivity contribution in [1.29, 1.82) is 0 Å². The van der Waals surface area contributed by atoms with Gasteiger partial charge in [-0.2, -0.15) is 0 Å². The summed E-state index contributed by atoms with van der Waals surface area (Å²) in [5.74, 6) is -0.0191. The van der Waals surface area contributed by atoms with Crippen LogP contribution in [0.1, 0.15) is 22.8 Å². The molecule has 2 aromatic rings. The van der Waals surface area contributed by atoms with E-state index >= 15 is 0 Å². The van der Waals surface area contributed by atoms with Gasteiger partial charge in [-0.25, -0.2) is 0 Å². The second-order valence-corrected chi connectivity index (χ2v) is 3.61. The third kappa shape index (κ3) is 1.73. The Morgan fingerprint density at radius 3 is 3.00 bits per heavy atom. The predicted octanol–water partition coefficient (Wildman–Crippen LogP) is 2.23. The van der Waals surface area contributed by atoms with Crippen molar-refractivity contribution in [3.63, 3.8) is 0 Å². The first-order chi connectivity index (χ1) is 7.22. The minimum atomic E-state index is -0.0191. The highest BCUT2D eigenvalue weighted by molar-refractivity contribution is 6.06. The van der Waals surface area contributed by atoms with Gasteiger partial charge in [0.05, 0.1) is 5.56 Å². The van der Waals surface area contributed by atoms with Crippen LogP contribution >= 0.6 is 0 Å². The van der Waals surface area contributed by atoms with Crippen molar-refractivity contribution in [2.24, 2.45) is 0 Å². The largest absolute Gasteiger partial charge is 0.360 e. The van der Waals surface area contributed by atoms with Crippen molar-refractivity contribution >= 4 is 16.8 Å². The Morgan fingerprint density at radius 2 is 2.27 bits per heavy atom. The summed E-state index contributed by atoms with van der Waals surface area (Å²) in [6.07, 6.45) is 1.76. The molecule has 78 valence electrons. The van der Waals surface area contributed by atoms with E-state index in [2.05, 4.69) is 10.3 Å². The highest BCUT2D eigenvalue weighted by atomic mass is 16.1. The molecule has 0 aliphatic carbocycles. The van der Waals surface area contributed by atoms with Gasteiger partial charge in [0, 0.05) is 23.6 Å². The molecule has 0 saturated carbocycles. The molecule has 15 heavy (non-hydrogen) atoms. The highest BCUT2D eigenvalue weighted by Gasteiger charge is 2.10. The fourth-order valence-corrected chi connectivity index (χ4v) is 1.68. The Labute approximate surface area is 88.5 Å². The second-order valence-electron chi connectivity index (χ2n) is 3.61. The summed E-state index contributed by atoms with van der Waals surface area (Å²) in [4.78, 5) is 14.8. The molecule has 0 fully saturated rings. The summed E-state index contributed by atoms with van der Waals surface area (Å²) in [5.41, 5.74) is 2.88. The van der Waals surface area contributed by atoms with Crippen LogP contribution in [0.2, 0.25) is 0 Å². The molecule has 0 spiro atoms. The summed E-state index contributed by atoms with van der Waals surface area (Å²) >= 11 is 0. The van der Waals surface area contributed by atoms with Crippen molar-refractivity contribution in [1.82, 2.24) is 10.3 Å². The molecule has 1 aromatic carbocycles. The average molecular weight is 202 g/mol. The lowest BCUT2D eigenvalue weighted by atomic mass is 10.1. The van der Waals surface area contributed by atoms with E-state index in [0.29, 0.717) is 6.54 Å². The molecular formula is C12H14N2O. The van der Waals surface area contributed by atoms with E-state index < -0.39 is 0 Å². The van der Waals surface area contributed by atoms with Gasteiger partial charge in [0.15, 0.2) is 0 Å². The Bertz CT molecular complexity index is 499. The Balaban J connectivity index is 2.52. The molecule has 0 bridgehead atoms. The second kappa shape index (κ2) is 3.77. The number of aromatic nitrogens is 1. The van der Waals surface area contributed by atoms with Crippen LogP contribution in [-0.4, -0.2) is 17.4 Å². The summed E-state index contributed by atoms with van der Waals surface area (Å²) in [5, 5.41) is 3.79. The van der Waals surface area contributed by atoms with Gasteiger partial charge in [-0.05, 0) is 26.0 Å². The summed E-state index contributed by atoms with van der Waals surface area (Å²) in [6.45, 7) is 4.59. The van der Waals surface area contributed by atoms with E-state index in [9.17, 15) is 4.79 Å². The topological polar surface area (TPSA) is 44.9 Å². The lowest BCUT2D eigenvalue weighted by Gasteiger charge is -2.00.